The summed E-state index contributed by atoms with van der Waals surface area (Å²) < 4.78 is 16.7. The summed E-state index contributed by atoms with van der Waals surface area (Å²) in [6.45, 7) is 6.64. The lowest BCUT2D eigenvalue weighted by atomic mass is 10.1. The summed E-state index contributed by atoms with van der Waals surface area (Å²) in [6, 6.07) is 6.01. The molecule has 0 N–H and O–H groups in total. The number of benzene rings is 1. The van der Waals surface area contributed by atoms with Crippen molar-refractivity contribution in [1.82, 2.24) is 5.01 Å². The van der Waals surface area contributed by atoms with Crippen molar-refractivity contribution in [3.8, 4) is 11.5 Å². The minimum Gasteiger partial charge on any atom is -0.490 e. The largest absolute Gasteiger partial charge is 0.490 e. The maximum atomic E-state index is 5.72. The molecule has 0 spiro atoms. The molecule has 1 fully saturated rings. The molecule has 0 aromatic heterocycles. The fourth-order valence-electron chi connectivity index (χ4n) is 2.31. The van der Waals surface area contributed by atoms with Crippen molar-refractivity contribution in [2.75, 3.05) is 39.5 Å². The Morgan fingerprint density at radius 1 is 1.05 bits per heavy atom. The van der Waals surface area contributed by atoms with Crippen LogP contribution < -0.4 is 9.47 Å². The van der Waals surface area contributed by atoms with E-state index in [0.29, 0.717) is 13.2 Å². The SMILES string of the molecule is CC(=NN1CCOCC1)c1ccc2c(c1)OCCCO2. The first-order chi connectivity index (χ1) is 9.83. The molecular formula is C15H20N2O3. The van der Waals surface area contributed by atoms with E-state index < -0.39 is 0 Å². The molecule has 2 heterocycles. The smallest absolute Gasteiger partial charge is 0.161 e. The third kappa shape index (κ3) is 3.04. The van der Waals surface area contributed by atoms with Gasteiger partial charge in [-0.15, -0.1) is 0 Å². The molecule has 0 unspecified atom stereocenters. The molecule has 108 valence electrons. The molecule has 2 aliphatic rings. The number of morpholine rings is 1. The predicted molar refractivity (Wildman–Crippen MR) is 76.7 cm³/mol. The van der Waals surface area contributed by atoms with Crippen molar-refractivity contribution in [2.24, 2.45) is 5.10 Å². The summed E-state index contributed by atoms with van der Waals surface area (Å²) in [5.74, 6) is 1.64. The van der Waals surface area contributed by atoms with Crippen molar-refractivity contribution in [3.05, 3.63) is 23.8 Å². The maximum absolute atomic E-state index is 5.72. The van der Waals surface area contributed by atoms with E-state index >= 15 is 0 Å². The Morgan fingerprint density at radius 2 is 1.80 bits per heavy atom. The number of hydrogen-bond acceptors (Lipinski definition) is 5. The zero-order chi connectivity index (χ0) is 13.8. The van der Waals surface area contributed by atoms with Crippen molar-refractivity contribution in [3.63, 3.8) is 0 Å². The van der Waals surface area contributed by atoms with Crippen LogP contribution in [0, 0.1) is 0 Å². The van der Waals surface area contributed by atoms with E-state index in [1.54, 1.807) is 0 Å². The number of nitrogens with zero attached hydrogens (tertiary/aromatic N) is 2. The summed E-state index contributed by atoms with van der Waals surface area (Å²) in [6.07, 6.45) is 0.921. The van der Waals surface area contributed by atoms with Crippen molar-refractivity contribution < 1.29 is 14.2 Å². The van der Waals surface area contributed by atoms with Crippen LogP contribution in [0.5, 0.6) is 11.5 Å². The lowest BCUT2D eigenvalue weighted by Crippen LogP contribution is -2.33. The quantitative estimate of drug-likeness (QED) is 0.774. The van der Waals surface area contributed by atoms with Crippen molar-refractivity contribution >= 4 is 5.71 Å². The Labute approximate surface area is 119 Å². The highest BCUT2D eigenvalue weighted by atomic mass is 16.5. The number of hydrogen-bond donors (Lipinski definition) is 0. The van der Waals surface area contributed by atoms with Crippen LogP contribution in [0.3, 0.4) is 0 Å². The van der Waals surface area contributed by atoms with Crippen LogP contribution >= 0.6 is 0 Å². The van der Waals surface area contributed by atoms with E-state index in [1.165, 1.54) is 0 Å². The first-order valence-electron chi connectivity index (χ1n) is 7.11. The Kier molecular flexibility index (Phi) is 4.06. The fourth-order valence-corrected chi connectivity index (χ4v) is 2.31. The molecule has 0 bridgehead atoms. The average Bonchev–Trinajstić information content (AvgIpc) is 2.72. The van der Waals surface area contributed by atoms with Gasteiger partial charge >= 0.3 is 0 Å². The average molecular weight is 276 g/mol. The lowest BCUT2D eigenvalue weighted by Gasteiger charge is -2.24. The molecule has 0 atom stereocenters. The molecule has 1 aromatic rings. The van der Waals surface area contributed by atoms with Gasteiger partial charge in [0.25, 0.3) is 0 Å². The predicted octanol–water partition coefficient (Wildman–Crippen LogP) is 1.90. The fraction of sp³-hybridized carbons (Fsp3) is 0.533. The van der Waals surface area contributed by atoms with E-state index in [2.05, 4.69) is 10.1 Å². The molecule has 0 aliphatic carbocycles. The molecule has 2 aliphatic heterocycles. The van der Waals surface area contributed by atoms with Gasteiger partial charge in [-0.2, -0.15) is 5.10 Å². The Balaban J connectivity index is 1.78. The second-order valence-electron chi connectivity index (χ2n) is 4.96. The van der Waals surface area contributed by atoms with E-state index in [9.17, 15) is 0 Å². The lowest BCUT2D eigenvalue weighted by molar-refractivity contribution is 0.0393. The highest BCUT2D eigenvalue weighted by Gasteiger charge is 2.13. The topological polar surface area (TPSA) is 43.3 Å². The zero-order valence-corrected chi connectivity index (χ0v) is 11.8. The molecular weight excluding hydrogens is 256 g/mol. The monoisotopic (exact) mass is 276 g/mol. The van der Waals surface area contributed by atoms with Crippen molar-refractivity contribution in [2.45, 2.75) is 13.3 Å². The van der Waals surface area contributed by atoms with E-state index in [0.717, 1.165) is 55.5 Å². The minimum absolute atomic E-state index is 0.704. The normalized spacial score (nSPS) is 19.6. The van der Waals surface area contributed by atoms with Gasteiger partial charge in [-0.1, -0.05) is 0 Å². The van der Waals surface area contributed by atoms with Crippen molar-refractivity contribution in [1.29, 1.82) is 0 Å². The first-order valence-corrected chi connectivity index (χ1v) is 7.11. The van der Waals surface area contributed by atoms with E-state index in [4.69, 9.17) is 14.2 Å². The Hall–Kier alpha value is -1.75. The van der Waals surface area contributed by atoms with Gasteiger partial charge < -0.3 is 14.2 Å². The van der Waals surface area contributed by atoms with Gasteiger partial charge in [0.05, 0.1) is 45.2 Å². The summed E-state index contributed by atoms with van der Waals surface area (Å²) in [4.78, 5) is 0. The summed E-state index contributed by atoms with van der Waals surface area (Å²) in [5.41, 5.74) is 2.06. The first kappa shape index (κ1) is 13.2. The van der Waals surface area contributed by atoms with Crippen LogP contribution in [0.15, 0.2) is 23.3 Å². The van der Waals surface area contributed by atoms with Gasteiger partial charge in [-0.05, 0) is 25.1 Å². The van der Waals surface area contributed by atoms with Gasteiger partial charge in [0.15, 0.2) is 11.5 Å². The van der Waals surface area contributed by atoms with Gasteiger partial charge in [0, 0.05) is 12.0 Å². The van der Waals surface area contributed by atoms with E-state index in [1.807, 2.05) is 25.1 Å². The molecule has 5 nitrogen and oxygen atoms in total. The van der Waals surface area contributed by atoms with Crippen LogP contribution in [0.2, 0.25) is 0 Å². The van der Waals surface area contributed by atoms with Crippen LogP contribution in [-0.4, -0.2) is 50.2 Å². The minimum atomic E-state index is 0.704. The molecule has 20 heavy (non-hydrogen) atoms. The van der Waals surface area contributed by atoms with E-state index in [-0.39, 0.29) is 0 Å². The van der Waals surface area contributed by atoms with Crippen LogP contribution in [0.25, 0.3) is 0 Å². The number of rotatable bonds is 2. The second-order valence-corrected chi connectivity index (χ2v) is 4.96. The molecule has 0 amide bonds. The zero-order valence-electron chi connectivity index (χ0n) is 11.8. The second kappa shape index (κ2) is 6.13. The standard InChI is InChI=1S/C15H20N2O3/c1-12(16-17-5-9-18-10-6-17)13-3-4-14-15(11-13)20-8-2-7-19-14/h3-4,11H,2,5-10H2,1H3. The van der Waals surface area contributed by atoms with Gasteiger partial charge in [-0.3, -0.25) is 5.01 Å². The third-order valence-corrected chi connectivity index (χ3v) is 3.44. The highest BCUT2D eigenvalue weighted by Crippen LogP contribution is 2.30. The summed E-state index contributed by atoms with van der Waals surface area (Å²) in [5, 5.41) is 6.71. The Bertz CT molecular complexity index is 496. The molecule has 0 saturated carbocycles. The summed E-state index contributed by atoms with van der Waals surface area (Å²) >= 11 is 0. The molecule has 0 radical (unpaired) electrons. The third-order valence-electron chi connectivity index (χ3n) is 3.44. The number of ether oxygens (including phenoxy) is 3. The molecule has 3 rings (SSSR count). The number of hydrazone groups is 1. The summed E-state index contributed by atoms with van der Waals surface area (Å²) in [7, 11) is 0. The highest BCUT2D eigenvalue weighted by molar-refractivity contribution is 5.99. The van der Waals surface area contributed by atoms with Gasteiger partial charge in [0.1, 0.15) is 0 Å². The maximum Gasteiger partial charge on any atom is 0.161 e. The Morgan fingerprint density at radius 3 is 2.60 bits per heavy atom. The van der Waals surface area contributed by atoms with Gasteiger partial charge in [0.2, 0.25) is 0 Å². The molecule has 1 aromatic carbocycles. The number of fused-ring (bicyclic) bond motifs is 1. The van der Waals surface area contributed by atoms with Gasteiger partial charge in [-0.25, -0.2) is 0 Å². The molecule has 1 saturated heterocycles. The van der Waals surface area contributed by atoms with Crippen LogP contribution in [0.1, 0.15) is 18.9 Å². The molecule has 5 heteroatoms. The van der Waals surface area contributed by atoms with Crippen LogP contribution in [0.4, 0.5) is 0 Å². The van der Waals surface area contributed by atoms with Crippen LogP contribution in [-0.2, 0) is 4.74 Å².